The average Bonchev–Trinajstić information content (AvgIpc) is 2.92. The zero-order chi connectivity index (χ0) is 17.3. The molecule has 0 fully saturated rings. The number of sulfonamides is 1. The number of hydrogen-bond donors (Lipinski definition) is 1. The SMILES string of the molecule is CCN1CCCn2cc(S(=O)(=O)Nc3ccc(Cl)cc3)cc2C1=O. The summed E-state index contributed by atoms with van der Waals surface area (Å²) in [5.41, 5.74) is 0.827. The number of halogens is 1. The Morgan fingerprint density at radius 3 is 2.58 bits per heavy atom. The second kappa shape index (κ2) is 6.49. The molecule has 1 aromatic heterocycles. The number of nitrogens with one attached hydrogen (secondary N) is 1. The van der Waals surface area contributed by atoms with Crippen LogP contribution >= 0.6 is 11.6 Å². The minimum absolute atomic E-state index is 0.0822. The van der Waals surface area contributed by atoms with Crippen LogP contribution in [0, 0.1) is 0 Å². The van der Waals surface area contributed by atoms with Crippen LogP contribution in [0.1, 0.15) is 23.8 Å². The lowest BCUT2D eigenvalue weighted by Crippen LogP contribution is -2.30. The molecule has 0 atom stereocenters. The predicted molar refractivity (Wildman–Crippen MR) is 92.9 cm³/mol. The van der Waals surface area contributed by atoms with Crippen molar-refractivity contribution in [3.8, 4) is 0 Å². The van der Waals surface area contributed by atoms with E-state index in [2.05, 4.69) is 4.72 Å². The Morgan fingerprint density at radius 2 is 1.92 bits per heavy atom. The Bertz CT molecular complexity index is 859. The molecule has 1 aromatic carbocycles. The van der Waals surface area contributed by atoms with Gasteiger partial charge in [-0.1, -0.05) is 11.6 Å². The van der Waals surface area contributed by atoms with Gasteiger partial charge in [-0.3, -0.25) is 9.52 Å². The molecule has 0 saturated carbocycles. The highest BCUT2D eigenvalue weighted by Gasteiger charge is 2.26. The van der Waals surface area contributed by atoms with Crippen LogP contribution in [0.2, 0.25) is 5.02 Å². The molecule has 1 amide bonds. The highest BCUT2D eigenvalue weighted by molar-refractivity contribution is 7.92. The molecular weight excluding hydrogens is 350 g/mol. The van der Waals surface area contributed by atoms with E-state index in [4.69, 9.17) is 11.6 Å². The summed E-state index contributed by atoms with van der Waals surface area (Å²) >= 11 is 5.80. The van der Waals surface area contributed by atoms with Crippen molar-refractivity contribution in [2.75, 3.05) is 17.8 Å². The fourth-order valence-corrected chi connectivity index (χ4v) is 3.95. The summed E-state index contributed by atoms with van der Waals surface area (Å²) < 4.78 is 29.3. The largest absolute Gasteiger partial charge is 0.342 e. The highest BCUT2D eigenvalue weighted by Crippen LogP contribution is 2.22. The molecule has 2 heterocycles. The van der Waals surface area contributed by atoms with Crippen molar-refractivity contribution in [1.82, 2.24) is 9.47 Å². The minimum atomic E-state index is -3.76. The molecule has 128 valence electrons. The van der Waals surface area contributed by atoms with Gasteiger partial charge >= 0.3 is 0 Å². The standard InChI is InChI=1S/C16H18ClN3O3S/c1-2-19-8-3-9-20-11-14(10-15(20)16(19)21)24(22,23)18-13-6-4-12(17)5-7-13/h4-7,10-11,18H,2-3,8-9H2,1H3. The second-order valence-electron chi connectivity index (χ2n) is 5.61. The average molecular weight is 368 g/mol. The molecule has 1 aliphatic heterocycles. The Morgan fingerprint density at radius 1 is 1.21 bits per heavy atom. The fourth-order valence-electron chi connectivity index (χ4n) is 2.72. The van der Waals surface area contributed by atoms with Gasteiger partial charge in [-0.2, -0.15) is 0 Å². The lowest BCUT2D eigenvalue weighted by atomic mass is 10.3. The Balaban J connectivity index is 1.91. The molecule has 2 aromatic rings. The summed E-state index contributed by atoms with van der Waals surface area (Å²) in [7, 11) is -3.76. The first-order valence-corrected chi connectivity index (χ1v) is 9.54. The van der Waals surface area contributed by atoms with Crippen LogP contribution in [0.3, 0.4) is 0 Å². The number of fused-ring (bicyclic) bond motifs is 1. The third-order valence-electron chi connectivity index (χ3n) is 3.99. The number of carbonyl (C=O) groups is 1. The number of aromatic nitrogens is 1. The Kier molecular flexibility index (Phi) is 4.56. The molecule has 3 rings (SSSR count). The summed E-state index contributed by atoms with van der Waals surface area (Å²) in [5.74, 6) is -0.136. The van der Waals surface area contributed by atoms with E-state index in [9.17, 15) is 13.2 Å². The van der Waals surface area contributed by atoms with Gasteiger partial charge < -0.3 is 9.47 Å². The smallest absolute Gasteiger partial charge is 0.270 e. The third-order valence-corrected chi connectivity index (χ3v) is 5.59. The van der Waals surface area contributed by atoms with Crippen LogP contribution in [-0.4, -0.2) is 36.9 Å². The molecule has 8 heteroatoms. The molecule has 1 N–H and O–H groups in total. The van der Waals surface area contributed by atoms with Crippen LogP contribution in [0.4, 0.5) is 5.69 Å². The van der Waals surface area contributed by atoms with Gasteiger partial charge in [0.25, 0.3) is 15.9 Å². The van der Waals surface area contributed by atoms with Gasteiger partial charge in [0.05, 0.1) is 0 Å². The van der Waals surface area contributed by atoms with E-state index in [0.29, 0.717) is 36.0 Å². The minimum Gasteiger partial charge on any atom is -0.342 e. The fraction of sp³-hybridized carbons (Fsp3) is 0.312. The van der Waals surface area contributed by atoms with Crippen molar-refractivity contribution in [1.29, 1.82) is 0 Å². The summed E-state index contributed by atoms with van der Waals surface area (Å²) in [6.45, 7) is 3.82. The zero-order valence-electron chi connectivity index (χ0n) is 13.2. The van der Waals surface area contributed by atoms with E-state index in [-0.39, 0.29) is 10.8 Å². The maximum Gasteiger partial charge on any atom is 0.270 e. The van der Waals surface area contributed by atoms with E-state index in [0.717, 1.165) is 6.42 Å². The van der Waals surface area contributed by atoms with Gasteiger partial charge in [0.15, 0.2) is 0 Å². The van der Waals surface area contributed by atoms with Crippen LogP contribution in [0.5, 0.6) is 0 Å². The lowest BCUT2D eigenvalue weighted by molar-refractivity contribution is 0.0766. The number of benzene rings is 1. The second-order valence-corrected chi connectivity index (χ2v) is 7.72. The zero-order valence-corrected chi connectivity index (χ0v) is 14.8. The molecule has 0 saturated heterocycles. The maximum absolute atomic E-state index is 12.6. The summed E-state index contributed by atoms with van der Waals surface area (Å²) in [4.78, 5) is 14.3. The number of aryl methyl sites for hydroxylation is 1. The van der Waals surface area contributed by atoms with Gasteiger partial charge in [0.1, 0.15) is 10.6 Å². The number of amides is 1. The molecule has 0 aliphatic carbocycles. The Labute approximate surface area is 146 Å². The predicted octanol–water partition coefficient (Wildman–Crippen LogP) is 2.81. The van der Waals surface area contributed by atoms with Crippen LogP contribution in [-0.2, 0) is 16.6 Å². The molecule has 0 unspecified atom stereocenters. The van der Waals surface area contributed by atoms with Gasteiger partial charge in [-0.15, -0.1) is 0 Å². The van der Waals surface area contributed by atoms with Crippen molar-refractivity contribution >= 4 is 33.2 Å². The Hall–Kier alpha value is -1.99. The van der Waals surface area contributed by atoms with E-state index < -0.39 is 10.0 Å². The molecule has 1 aliphatic rings. The molecule has 24 heavy (non-hydrogen) atoms. The van der Waals surface area contributed by atoms with E-state index in [1.807, 2.05) is 6.92 Å². The van der Waals surface area contributed by atoms with Crippen molar-refractivity contribution in [3.63, 3.8) is 0 Å². The van der Waals surface area contributed by atoms with E-state index in [1.165, 1.54) is 12.3 Å². The van der Waals surface area contributed by atoms with Crippen molar-refractivity contribution in [2.45, 2.75) is 24.8 Å². The van der Waals surface area contributed by atoms with Gasteiger partial charge in [0, 0.05) is 36.5 Å². The van der Waals surface area contributed by atoms with Crippen molar-refractivity contribution in [2.24, 2.45) is 0 Å². The summed E-state index contributed by atoms with van der Waals surface area (Å²) in [6.07, 6.45) is 2.32. The summed E-state index contributed by atoms with van der Waals surface area (Å²) in [6, 6.07) is 7.83. The van der Waals surface area contributed by atoms with E-state index >= 15 is 0 Å². The van der Waals surface area contributed by atoms with E-state index in [1.54, 1.807) is 33.7 Å². The molecule has 6 nitrogen and oxygen atoms in total. The first-order valence-electron chi connectivity index (χ1n) is 7.68. The lowest BCUT2D eigenvalue weighted by Gasteiger charge is -2.17. The summed E-state index contributed by atoms with van der Waals surface area (Å²) in [5, 5.41) is 0.527. The number of carbonyl (C=O) groups excluding carboxylic acids is 1. The number of hydrogen-bond acceptors (Lipinski definition) is 3. The van der Waals surface area contributed by atoms with Gasteiger partial charge in [-0.25, -0.2) is 8.42 Å². The van der Waals surface area contributed by atoms with Crippen LogP contribution < -0.4 is 4.72 Å². The molecule has 0 bridgehead atoms. The number of anilines is 1. The topological polar surface area (TPSA) is 71.4 Å². The number of nitrogens with zero attached hydrogens (tertiary/aromatic N) is 2. The molecular formula is C16H18ClN3O3S. The van der Waals surface area contributed by atoms with Crippen LogP contribution in [0.15, 0.2) is 41.4 Å². The molecule has 0 spiro atoms. The van der Waals surface area contributed by atoms with Crippen LogP contribution in [0.25, 0.3) is 0 Å². The van der Waals surface area contributed by atoms with Gasteiger partial charge in [-0.05, 0) is 43.7 Å². The molecule has 0 radical (unpaired) electrons. The van der Waals surface area contributed by atoms with Gasteiger partial charge in [0.2, 0.25) is 0 Å². The highest BCUT2D eigenvalue weighted by atomic mass is 35.5. The van der Waals surface area contributed by atoms with Crippen molar-refractivity contribution in [3.05, 3.63) is 47.2 Å². The quantitative estimate of drug-likeness (QED) is 0.903. The first-order chi connectivity index (χ1) is 11.4. The third kappa shape index (κ3) is 3.27. The first kappa shape index (κ1) is 16.9. The van der Waals surface area contributed by atoms with Crippen molar-refractivity contribution < 1.29 is 13.2 Å². The monoisotopic (exact) mass is 367 g/mol. The normalized spacial score (nSPS) is 15.1. The maximum atomic E-state index is 12.6. The number of rotatable bonds is 4.